The van der Waals surface area contributed by atoms with Gasteiger partial charge in [0.05, 0.1) is 18.1 Å². The Labute approximate surface area is 166 Å². The van der Waals surface area contributed by atoms with Crippen molar-refractivity contribution in [1.82, 2.24) is 9.62 Å². The molecule has 28 heavy (non-hydrogen) atoms. The van der Waals surface area contributed by atoms with E-state index in [2.05, 4.69) is 9.62 Å². The standard InChI is InChI=1S/C22H24N2O3S/c25-28(26,21-11-10-18-6-4-5-9-20(18)16-21)23-17-22(19-7-2-1-3-8-19)24-12-14-27-15-13-24/h1-11,16,22-23H,12-15,17H2. The Balaban J connectivity index is 1.56. The summed E-state index contributed by atoms with van der Waals surface area (Å²) in [5.41, 5.74) is 1.10. The van der Waals surface area contributed by atoms with Crippen molar-refractivity contribution in [2.24, 2.45) is 0 Å². The maximum absolute atomic E-state index is 12.9. The van der Waals surface area contributed by atoms with Gasteiger partial charge in [-0.2, -0.15) is 0 Å². The van der Waals surface area contributed by atoms with Gasteiger partial charge in [0.1, 0.15) is 0 Å². The quantitative estimate of drug-likeness (QED) is 0.695. The van der Waals surface area contributed by atoms with E-state index in [1.807, 2.05) is 60.7 Å². The normalized spacial score (nSPS) is 16.9. The molecule has 3 aromatic rings. The van der Waals surface area contributed by atoms with Gasteiger partial charge in [0.2, 0.25) is 10.0 Å². The molecule has 1 atom stereocenters. The van der Waals surface area contributed by atoms with Crippen LogP contribution in [0.2, 0.25) is 0 Å². The Bertz CT molecular complexity index is 1030. The predicted molar refractivity (Wildman–Crippen MR) is 111 cm³/mol. The molecule has 146 valence electrons. The van der Waals surface area contributed by atoms with Crippen LogP contribution in [0.5, 0.6) is 0 Å². The summed E-state index contributed by atoms with van der Waals surface area (Å²) in [4.78, 5) is 2.57. The van der Waals surface area contributed by atoms with Gasteiger partial charge in [-0.25, -0.2) is 13.1 Å². The number of hydrogen-bond donors (Lipinski definition) is 1. The molecule has 0 amide bonds. The van der Waals surface area contributed by atoms with Crippen LogP contribution in [0.4, 0.5) is 0 Å². The third kappa shape index (κ3) is 4.25. The fourth-order valence-electron chi connectivity index (χ4n) is 3.63. The van der Waals surface area contributed by atoms with E-state index >= 15 is 0 Å². The van der Waals surface area contributed by atoms with Crippen molar-refractivity contribution >= 4 is 20.8 Å². The molecule has 0 aliphatic carbocycles. The molecule has 1 fully saturated rings. The number of nitrogens with one attached hydrogen (secondary N) is 1. The Morgan fingerprint density at radius 1 is 0.893 bits per heavy atom. The van der Waals surface area contributed by atoms with Crippen molar-refractivity contribution in [1.29, 1.82) is 0 Å². The van der Waals surface area contributed by atoms with E-state index in [1.54, 1.807) is 12.1 Å². The Morgan fingerprint density at radius 3 is 2.32 bits per heavy atom. The number of nitrogens with zero attached hydrogens (tertiary/aromatic N) is 1. The summed E-state index contributed by atoms with van der Waals surface area (Å²) >= 11 is 0. The fourth-order valence-corrected chi connectivity index (χ4v) is 4.70. The second-order valence-electron chi connectivity index (χ2n) is 6.94. The molecule has 0 saturated carbocycles. The maximum atomic E-state index is 12.9. The molecule has 1 aliphatic heterocycles. The maximum Gasteiger partial charge on any atom is 0.240 e. The van der Waals surface area contributed by atoms with Gasteiger partial charge in [-0.3, -0.25) is 4.90 Å². The summed E-state index contributed by atoms with van der Waals surface area (Å²) in [6.07, 6.45) is 0. The first-order valence-corrected chi connectivity index (χ1v) is 11.0. The van der Waals surface area contributed by atoms with Gasteiger partial charge in [-0.1, -0.05) is 60.7 Å². The highest BCUT2D eigenvalue weighted by Crippen LogP contribution is 2.23. The molecule has 0 radical (unpaired) electrons. The Kier molecular flexibility index (Phi) is 5.73. The zero-order valence-electron chi connectivity index (χ0n) is 15.6. The summed E-state index contributed by atoms with van der Waals surface area (Å²) in [5.74, 6) is 0. The van der Waals surface area contributed by atoms with Gasteiger partial charge in [-0.15, -0.1) is 0 Å². The highest BCUT2D eigenvalue weighted by Gasteiger charge is 2.25. The SMILES string of the molecule is O=S(=O)(NCC(c1ccccc1)N1CCOCC1)c1ccc2ccccc2c1. The van der Waals surface area contributed by atoms with Crippen molar-refractivity contribution in [2.45, 2.75) is 10.9 Å². The first-order valence-electron chi connectivity index (χ1n) is 9.49. The number of morpholine rings is 1. The number of fused-ring (bicyclic) bond motifs is 1. The van der Waals surface area contributed by atoms with Crippen LogP contribution < -0.4 is 4.72 Å². The van der Waals surface area contributed by atoms with E-state index in [1.165, 1.54) is 0 Å². The average molecular weight is 397 g/mol. The lowest BCUT2D eigenvalue weighted by molar-refractivity contribution is 0.0172. The minimum absolute atomic E-state index is 0.0275. The molecule has 6 heteroatoms. The van der Waals surface area contributed by atoms with Crippen LogP contribution in [0, 0.1) is 0 Å². The van der Waals surface area contributed by atoms with Crippen molar-refractivity contribution in [2.75, 3.05) is 32.8 Å². The second kappa shape index (κ2) is 8.41. The van der Waals surface area contributed by atoms with Crippen molar-refractivity contribution in [3.63, 3.8) is 0 Å². The highest BCUT2D eigenvalue weighted by atomic mass is 32.2. The first-order chi connectivity index (χ1) is 13.6. The van der Waals surface area contributed by atoms with Crippen LogP contribution in [0.15, 0.2) is 77.7 Å². The number of sulfonamides is 1. The first kappa shape index (κ1) is 19.1. The summed E-state index contributed by atoms with van der Waals surface area (Å²) in [6.45, 7) is 3.23. The lowest BCUT2D eigenvalue weighted by atomic mass is 10.1. The number of ether oxygens (including phenoxy) is 1. The number of rotatable bonds is 6. The molecular weight excluding hydrogens is 372 g/mol. The topological polar surface area (TPSA) is 58.6 Å². The van der Waals surface area contributed by atoms with Gasteiger partial charge in [0.25, 0.3) is 0 Å². The fraction of sp³-hybridized carbons (Fsp3) is 0.273. The molecule has 1 N–H and O–H groups in total. The zero-order chi connectivity index (χ0) is 19.4. The smallest absolute Gasteiger partial charge is 0.240 e. The third-order valence-electron chi connectivity index (χ3n) is 5.17. The molecule has 1 aliphatic rings. The van der Waals surface area contributed by atoms with E-state index in [9.17, 15) is 8.42 Å². The highest BCUT2D eigenvalue weighted by molar-refractivity contribution is 7.89. The van der Waals surface area contributed by atoms with E-state index in [0.29, 0.717) is 24.7 Å². The summed E-state index contributed by atoms with van der Waals surface area (Å²) < 4.78 is 34.2. The van der Waals surface area contributed by atoms with Crippen LogP contribution in [-0.4, -0.2) is 46.2 Å². The van der Waals surface area contributed by atoms with Crippen LogP contribution in [-0.2, 0) is 14.8 Å². The van der Waals surface area contributed by atoms with Crippen molar-refractivity contribution in [3.8, 4) is 0 Å². The van der Waals surface area contributed by atoms with Crippen LogP contribution >= 0.6 is 0 Å². The Hall–Kier alpha value is -2.25. The average Bonchev–Trinajstić information content (AvgIpc) is 2.75. The summed E-state index contributed by atoms with van der Waals surface area (Å²) in [7, 11) is -3.60. The molecule has 4 rings (SSSR count). The van der Waals surface area contributed by atoms with Crippen LogP contribution in [0.1, 0.15) is 11.6 Å². The number of benzene rings is 3. The van der Waals surface area contributed by atoms with E-state index in [-0.39, 0.29) is 6.04 Å². The molecular formula is C22H24N2O3S. The minimum atomic E-state index is -3.60. The number of hydrogen-bond acceptors (Lipinski definition) is 4. The summed E-state index contributed by atoms with van der Waals surface area (Å²) in [6, 6.07) is 23.0. The molecule has 1 saturated heterocycles. The van der Waals surface area contributed by atoms with Gasteiger partial charge < -0.3 is 4.74 Å². The molecule has 0 bridgehead atoms. The van der Waals surface area contributed by atoms with Gasteiger partial charge in [-0.05, 0) is 28.5 Å². The van der Waals surface area contributed by atoms with Crippen LogP contribution in [0.25, 0.3) is 10.8 Å². The van der Waals surface area contributed by atoms with Gasteiger partial charge >= 0.3 is 0 Å². The Morgan fingerprint density at radius 2 is 1.57 bits per heavy atom. The second-order valence-corrected chi connectivity index (χ2v) is 8.70. The predicted octanol–water partition coefficient (Wildman–Crippen LogP) is 3.19. The van der Waals surface area contributed by atoms with Gasteiger partial charge in [0, 0.05) is 25.7 Å². The van der Waals surface area contributed by atoms with Crippen molar-refractivity contribution in [3.05, 3.63) is 78.4 Å². The zero-order valence-corrected chi connectivity index (χ0v) is 16.4. The molecule has 5 nitrogen and oxygen atoms in total. The van der Waals surface area contributed by atoms with E-state index < -0.39 is 10.0 Å². The molecule has 1 heterocycles. The monoisotopic (exact) mass is 396 g/mol. The third-order valence-corrected chi connectivity index (χ3v) is 6.59. The molecule has 1 unspecified atom stereocenters. The van der Waals surface area contributed by atoms with Crippen LogP contribution in [0.3, 0.4) is 0 Å². The molecule has 0 aromatic heterocycles. The van der Waals surface area contributed by atoms with E-state index in [4.69, 9.17) is 4.74 Å². The lowest BCUT2D eigenvalue weighted by Gasteiger charge is -2.34. The van der Waals surface area contributed by atoms with Gasteiger partial charge in [0.15, 0.2) is 0 Å². The van der Waals surface area contributed by atoms with Crippen molar-refractivity contribution < 1.29 is 13.2 Å². The lowest BCUT2D eigenvalue weighted by Crippen LogP contribution is -2.43. The molecule has 3 aromatic carbocycles. The largest absolute Gasteiger partial charge is 0.379 e. The summed E-state index contributed by atoms with van der Waals surface area (Å²) in [5, 5.41) is 1.94. The molecule has 0 spiro atoms. The van der Waals surface area contributed by atoms with E-state index in [0.717, 1.165) is 29.4 Å². The minimum Gasteiger partial charge on any atom is -0.379 e.